The van der Waals surface area contributed by atoms with E-state index in [9.17, 15) is 24.3 Å². The van der Waals surface area contributed by atoms with Crippen molar-refractivity contribution in [2.24, 2.45) is 0 Å². The van der Waals surface area contributed by atoms with Crippen LogP contribution in [0.3, 0.4) is 0 Å². The summed E-state index contributed by atoms with van der Waals surface area (Å²) < 4.78 is 9.88. The van der Waals surface area contributed by atoms with Crippen molar-refractivity contribution in [1.82, 2.24) is 10.6 Å². The van der Waals surface area contributed by atoms with Crippen molar-refractivity contribution in [2.45, 2.75) is 65.1 Å². The number of ether oxygens (including phenoxy) is 2. The summed E-state index contributed by atoms with van der Waals surface area (Å²) in [7, 11) is 0. The van der Waals surface area contributed by atoms with Gasteiger partial charge >= 0.3 is 18.0 Å². The molecule has 2 atom stereocenters. The molecular formula is C15H26N2O7. The predicted molar refractivity (Wildman–Crippen MR) is 84.3 cm³/mol. The van der Waals surface area contributed by atoms with E-state index in [0.29, 0.717) is 0 Å². The number of carbonyl (C=O) groups excluding carboxylic acids is 3. The van der Waals surface area contributed by atoms with Crippen molar-refractivity contribution in [2.75, 3.05) is 6.61 Å². The molecule has 9 heteroatoms. The molecular weight excluding hydrogens is 320 g/mol. The summed E-state index contributed by atoms with van der Waals surface area (Å²) in [5.74, 6) is -2.61. The molecule has 0 fully saturated rings. The second-order valence-electron chi connectivity index (χ2n) is 6.00. The van der Waals surface area contributed by atoms with Crippen LogP contribution in [0.4, 0.5) is 4.79 Å². The number of esters is 1. The number of hydrogen-bond donors (Lipinski definition) is 3. The van der Waals surface area contributed by atoms with Crippen LogP contribution < -0.4 is 10.6 Å². The lowest BCUT2D eigenvalue weighted by molar-refractivity contribution is -0.147. The lowest BCUT2D eigenvalue weighted by atomic mass is 10.1. The van der Waals surface area contributed by atoms with E-state index in [-0.39, 0.29) is 19.4 Å². The zero-order chi connectivity index (χ0) is 18.9. The topological polar surface area (TPSA) is 131 Å². The smallest absolute Gasteiger partial charge is 0.408 e. The fourth-order valence-electron chi connectivity index (χ4n) is 1.66. The first kappa shape index (κ1) is 21.7. The van der Waals surface area contributed by atoms with Crippen LogP contribution in [0, 0.1) is 0 Å². The molecule has 0 aromatic heterocycles. The van der Waals surface area contributed by atoms with Crippen molar-refractivity contribution in [3.63, 3.8) is 0 Å². The zero-order valence-electron chi connectivity index (χ0n) is 14.7. The van der Waals surface area contributed by atoms with Crippen LogP contribution in [-0.4, -0.2) is 53.3 Å². The first-order valence-electron chi connectivity index (χ1n) is 7.68. The Labute approximate surface area is 141 Å². The minimum Gasteiger partial charge on any atom is -0.480 e. The third-order valence-corrected chi connectivity index (χ3v) is 2.69. The third-order valence-electron chi connectivity index (χ3n) is 2.69. The van der Waals surface area contributed by atoms with Crippen LogP contribution in [0.1, 0.15) is 47.5 Å². The quantitative estimate of drug-likeness (QED) is 0.554. The number of carboxylic acid groups (broad SMARTS) is 1. The highest BCUT2D eigenvalue weighted by atomic mass is 16.6. The molecule has 0 aromatic carbocycles. The average Bonchev–Trinajstić information content (AvgIpc) is 2.43. The fourth-order valence-corrected chi connectivity index (χ4v) is 1.66. The molecule has 24 heavy (non-hydrogen) atoms. The van der Waals surface area contributed by atoms with Gasteiger partial charge in [0, 0.05) is 12.8 Å². The summed E-state index contributed by atoms with van der Waals surface area (Å²) in [6, 6.07) is -2.61. The number of carbonyl (C=O) groups is 4. The molecule has 0 radical (unpaired) electrons. The van der Waals surface area contributed by atoms with E-state index < -0.39 is 41.6 Å². The van der Waals surface area contributed by atoms with E-state index in [1.807, 2.05) is 0 Å². The summed E-state index contributed by atoms with van der Waals surface area (Å²) >= 11 is 0. The van der Waals surface area contributed by atoms with Gasteiger partial charge in [-0.15, -0.1) is 0 Å². The fraction of sp³-hybridized carbons (Fsp3) is 0.733. The summed E-state index contributed by atoms with van der Waals surface area (Å²) in [5.41, 5.74) is -0.786. The summed E-state index contributed by atoms with van der Waals surface area (Å²) in [6.45, 7) is 8.14. The molecule has 0 saturated heterocycles. The molecule has 9 nitrogen and oxygen atoms in total. The van der Waals surface area contributed by atoms with Gasteiger partial charge in [0.25, 0.3) is 0 Å². The number of hydrogen-bond acceptors (Lipinski definition) is 6. The highest BCUT2D eigenvalue weighted by molar-refractivity contribution is 5.86. The first-order valence-corrected chi connectivity index (χ1v) is 7.68. The lowest BCUT2D eigenvalue weighted by Gasteiger charge is -2.24. The van der Waals surface area contributed by atoms with Crippen molar-refractivity contribution < 1.29 is 33.8 Å². The van der Waals surface area contributed by atoms with Crippen LogP contribution in [0.5, 0.6) is 0 Å². The normalized spacial score (nSPS) is 13.4. The van der Waals surface area contributed by atoms with E-state index in [2.05, 4.69) is 10.6 Å². The molecule has 0 aliphatic heterocycles. The van der Waals surface area contributed by atoms with Crippen LogP contribution in [0.2, 0.25) is 0 Å². The first-order chi connectivity index (χ1) is 11.0. The second kappa shape index (κ2) is 9.74. The van der Waals surface area contributed by atoms with Gasteiger partial charge in [0.1, 0.15) is 17.7 Å². The highest BCUT2D eigenvalue weighted by Crippen LogP contribution is 2.09. The van der Waals surface area contributed by atoms with Crippen molar-refractivity contribution >= 4 is 23.9 Å². The highest BCUT2D eigenvalue weighted by Gasteiger charge is 2.31. The monoisotopic (exact) mass is 346 g/mol. The van der Waals surface area contributed by atoms with Crippen molar-refractivity contribution in [1.29, 1.82) is 0 Å². The summed E-state index contributed by atoms with van der Waals surface area (Å²) in [6.07, 6.45) is -1.15. The van der Waals surface area contributed by atoms with Gasteiger partial charge in [0.05, 0.1) is 6.61 Å². The van der Waals surface area contributed by atoms with Gasteiger partial charge in [0.15, 0.2) is 0 Å². The number of aliphatic carboxylic acids is 1. The number of amides is 2. The molecule has 0 aromatic rings. The molecule has 0 aliphatic rings. The maximum atomic E-state index is 12.0. The Morgan fingerprint density at radius 2 is 1.62 bits per heavy atom. The number of alkyl carbamates (subject to hydrolysis) is 1. The van der Waals surface area contributed by atoms with E-state index >= 15 is 0 Å². The zero-order valence-corrected chi connectivity index (χ0v) is 14.7. The van der Waals surface area contributed by atoms with E-state index in [1.165, 1.54) is 0 Å². The van der Waals surface area contributed by atoms with Gasteiger partial charge in [-0.25, -0.2) is 14.4 Å². The number of rotatable bonds is 8. The average molecular weight is 346 g/mol. The standard InChI is InChI=1S/C15H26N2O7/c1-6-11(18)16-9(12(19)20)8-10(13(21)23-7-2)17-14(22)24-15(3,4)5/h9-10H,6-8H2,1-5H3,(H,16,18)(H,17,22)(H,19,20)/t9?,10-/m0/s1. The molecule has 0 rings (SSSR count). The van der Waals surface area contributed by atoms with E-state index in [0.717, 1.165) is 0 Å². The van der Waals surface area contributed by atoms with E-state index in [4.69, 9.17) is 9.47 Å². The Balaban J connectivity index is 5.10. The van der Waals surface area contributed by atoms with Gasteiger partial charge in [-0.05, 0) is 27.7 Å². The minimum atomic E-state index is -1.35. The molecule has 138 valence electrons. The lowest BCUT2D eigenvalue weighted by Crippen LogP contribution is -2.50. The molecule has 0 saturated carbocycles. The van der Waals surface area contributed by atoms with E-state index in [1.54, 1.807) is 34.6 Å². The maximum Gasteiger partial charge on any atom is 0.408 e. The van der Waals surface area contributed by atoms with Crippen LogP contribution >= 0.6 is 0 Å². The van der Waals surface area contributed by atoms with Gasteiger partial charge in [-0.3, -0.25) is 4.79 Å². The molecule has 0 aliphatic carbocycles. The molecule has 3 N–H and O–H groups in total. The van der Waals surface area contributed by atoms with Crippen molar-refractivity contribution in [3.8, 4) is 0 Å². The molecule has 0 bridgehead atoms. The summed E-state index contributed by atoms with van der Waals surface area (Å²) in [4.78, 5) is 46.5. The summed E-state index contributed by atoms with van der Waals surface area (Å²) in [5, 5.41) is 13.7. The SMILES string of the molecule is CCOC(=O)[C@H](CC(NC(=O)CC)C(=O)O)NC(=O)OC(C)(C)C. The van der Waals surface area contributed by atoms with Gasteiger partial charge in [-0.2, -0.15) is 0 Å². The van der Waals surface area contributed by atoms with Crippen LogP contribution in [-0.2, 0) is 23.9 Å². The van der Waals surface area contributed by atoms with Gasteiger partial charge in [-0.1, -0.05) is 6.92 Å². The van der Waals surface area contributed by atoms with Crippen molar-refractivity contribution in [3.05, 3.63) is 0 Å². The third kappa shape index (κ3) is 8.96. The number of carboxylic acids is 1. The number of nitrogens with one attached hydrogen (secondary N) is 2. The Morgan fingerprint density at radius 1 is 1.04 bits per heavy atom. The Kier molecular flexibility index (Phi) is 8.80. The van der Waals surface area contributed by atoms with Crippen LogP contribution in [0.25, 0.3) is 0 Å². The molecule has 0 heterocycles. The molecule has 1 unspecified atom stereocenters. The van der Waals surface area contributed by atoms with Crippen LogP contribution in [0.15, 0.2) is 0 Å². The Hall–Kier alpha value is -2.32. The minimum absolute atomic E-state index is 0.0599. The largest absolute Gasteiger partial charge is 0.480 e. The molecule has 2 amide bonds. The molecule has 0 spiro atoms. The Bertz CT molecular complexity index is 471. The second-order valence-corrected chi connectivity index (χ2v) is 6.00. The maximum absolute atomic E-state index is 12.0. The Morgan fingerprint density at radius 3 is 2.04 bits per heavy atom. The van der Waals surface area contributed by atoms with Gasteiger partial charge < -0.3 is 25.2 Å². The van der Waals surface area contributed by atoms with Gasteiger partial charge in [0.2, 0.25) is 5.91 Å². The predicted octanol–water partition coefficient (Wildman–Crippen LogP) is 0.812.